The van der Waals surface area contributed by atoms with Gasteiger partial charge in [0.2, 0.25) is 5.91 Å². The van der Waals surface area contributed by atoms with Crippen molar-refractivity contribution in [3.8, 4) is 0 Å². The quantitative estimate of drug-likeness (QED) is 0.637. The highest BCUT2D eigenvalue weighted by Gasteiger charge is 2.13. The summed E-state index contributed by atoms with van der Waals surface area (Å²) in [6.07, 6.45) is 2.17. The van der Waals surface area contributed by atoms with Crippen LogP contribution in [-0.2, 0) is 9.53 Å². The van der Waals surface area contributed by atoms with Crippen LogP contribution in [0.1, 0.15) is 12.8 Å². The van der Waals surface area contributed by atoms with Crippen LogP contribution < -0.4 is 21.3 Å². The van der Waals surface area contributed by atoms with Gasteiger partial charge < -0.3 is 26.0 Å². The zero-order valence-electron chi connectivity index (χ0n) is 13.4. The van der Waals surface area contributed by atoms with Crippen molar-refractivity contribution in [1.29, 1.82) is 0 Å². The summed E-state index contributed by atoms with van der Waals surface area (Å²) in [6.45, 7) is 2.69. The maximum absolute atomic E-state index is 11.9. The number of carbonyl (C=O) groups is 2. The third kappa shape index (κ3) is 6.25. The predicted molar refractivity (Wildman–Crippen MR) is 89.6 cm³/mol. The van der Waals surface area contributed by atoms with E-state index in [0.717, 1.165) is 25.9 Å². The van der Waals surface area contributed by atoms with Crippen LogP contribution in [0.2, 0.25) is 0 Å². The van der Waals surface area contributed by atoms with Gasteiger partial charge in [-0.2, -0.15) is 0 Å². The molecule has 1 aromatic rings. The second-order valence-electron chi connectivity index (χ2n) is 5.59. The van der Waals surface area contributed by atoms with Crippen molar-refractivity contribution in [2.75, 3.05) is 44.0 Å². The SMILES string of the molecule is COCC(=O)Nc1cccc(NC(=O)NCC2CCNCC2)c1. The molecular weight excluding hydrogens is 296 g/mol. The Morgan fingerprint density at radius 2 is 1.91 bits per heavy atom. The molecule has 0 bridgehead atoms. The molecule has 1 saturated heterocycles. The van der Waals surface area contributed by atoms with E-state index in [1.54, 1.807) is 24.3 Å². The number of rotatable bonds is 6. The fourth-order valence-electron chi connectivity index (χ4n) is 2.50. The van der Waals surface area contributed by atoms with Crippen LogP contribution in [0.25, 0.3) is 0 Å². The molecule has 126 valence electrons. The minimum atomic E-state index is -0.236. The van der Waals surface area contributed by atoms with E-state index >= 15 is 0 Å². The number of ether oxygens (including phenoxy) is 1. The smallest absolute Gasteiger partial charge is 0.319 e. The minimum absolute atomic E-state index is 0.00557. The molecule has 0 atom stereocenters. The van der Waals surface area contributed by atoms with Crippen molar-refractivity contribution in [1.82, 2.24) is 10.6 Å². The number of urea groups is 1. The van der Waals surface area contributed by atoms with Crippen LogP contribution in [0, 0.1) is 5.92 Å². The van der Waals surface area contributed by atoms with E-state index in [0.29, 0.717) is 23.8 Å². The molecule has 0 unspecified atom stereocenters. The number of carbonyl (C=O) groups excluding carboxylic acids is 2. The van der Waals surface area contributed by atoms with Gasteiger partial charge in [0.15, 0.2) is 0 Å². The van der Waals surface area contributed by atoms with E-state index in [1.807, 2.05) is 0 Å². The number of hydrogen-bond acceptors (Lipinski definition) is 4. The van der Waals surface area contributed by atoms with Gasteiger partial charge in [-0.1, -0.05) is 6.07 Å². The number of piperidine rings is 1. The summed E-state index contributed by atoms with van der Waals surface area (Å²) >= 11 is 0. The van der Waals surface area contributed by atoms with Gasteiger partial charge in [-0.25, -0.2) is 4.79 Å². The topological polar surface area (TPSA) is 91.5 Å². The number of amides is 3. The Labute approximate surface area is 136 Å². The van der Waals surface area contributed by atoms with Crippen molar-refractivity contribution in [3.05, 3.63) is 24.3 Å². The fourth-order valence-corrected chi connectivity index (χ4v) is 2.50. The van der Waals surface area contributed by atoms with Crippen LogP contribution in [0.5, 0.6) is 0 Å². The summed E-state index contributed by atoms with van der Waals surface area (Å²) in [5.41, 5.74) is 1.24. The number of methoxy groups -OCH3 is 1. The van der Waals surface area contributed by atoms with E-state index in [2.05, 4.69) is 21.3 Å². The van der Waals surface area contributed by atoms with Crippen LogP contribution in [0.4, 0.5) is 16.2 Å². The largest absolute Gasteiger partial charge is 0.375 e. The summed E-state index contributed by atoms with van der Waals surface area (Å²) in [7, 11) is 1.46. The lowest BCUT2D eigenvalue weighted by molar-refractivity contribution is -0.119. The van der Waals surface area contributed by atoms with Crippen molar-refractivity contribution < 1.29 is 14.3 Å². The van der Waals surface area contributed by atoms with Crippen LogP contribution in [-0.4, -0.2) is 45.3 Å². The van der Waals surface area contributed by atoms with E-state index < -0.39 is 0 Å². The van der Waals surface area contributed by atoms with Crippen LogP contribution >= 0.6 is 0 Å². The Bertz CT molecular complexity index is 530. The van der Waals surface area contributed by atoms with Gasteiger partial charge in [0, 0.05) is 25.0 Å². The van der Waals surface area contributed by atoms with E-state index in [4.69, 9.17) is 4.74 Å². The molecule has 0 aliphatic carbocycles. The number of benzene rings is 1. The Morgan fingerprint density at radius 3 is 2.61 bits per heavy atom. The minimum Gasteiger partial charge on any atom is -0.375 e. The Morgan fingerprint density at radius 1 is 1.22 bits per heavy atom. The maximum atomic E-state index is 11.9. The number of nitrogens with one attached hydrogen (secondary N) is 4. The third-order valence-electron chi connectivity index (χ3n) is 3.69. The molecule has 1 aliphatic heterocycles. The summed E-state index contributed by atoms with van der Waals surface area (Å²) in [4.78, 5) is 23.4. The third-order valence-corrected chi connectivity index (χ3v) is 3.69. The zero-order valence-corrected chi connectivity index (χ0v) is 13.4. The van der Waals surface area contributed by atoms with Crippen molar-refractivity contribution in [3.63, 3.8) is 0 Å². The average molecular weight is 320 g/mol. The number of hydrogen-bond donors (Lipinski definition) is 4. The summed E-state index contributed by atoms with van der Waals surface area (Å²) in [5.74, 6) is 0.293. The average Bonchev–Trinajstić information content (AvgIpc) is 2.54. The fraction of sp³-hybridized carbons (Fsp3) is 0.500. The molecule has 0 radical (unpaired) electrons. The highest BCUT2D eigenvalue weighted by Crippen LogP contribution is 2.15. The van der Waals surface area contributed by atoms with Gasteiger partial charge in [-0.15, -0.1) is 0 Å². The predicted octanol–water partition coefficient (Wildman–Crippen LogP) is 1.39. The van der Waals surface area contributed by atoms with Crippen LogP contribution in [0.3, 0.4) is 0 Å². The monoisotopic (exact) mass is 320 g/mol. The maximum Gasteiger partial charge on any atom is 0.319 e. The van der Waals surface area contributed by atoms with Crippen molar-refractivity contribution in [2.45, 2.75) is 12.8 Å². The van der Waals surface area contributed by atoms with Gasteiger partial charge >= 0.3 is 6.03 Å². The molecule has 1 aromatic carbocycles. The summed E-state index contributed by atoms with van der Waals surface area (Å²) in [6, 6.07) is 6.77. The number of anilines is 2. The lowest BCUT2D eigenvalue weighted by Crippen LogP contribution is -2.37. The second kappa shape index (κ2) is 9.12. The summed E-state index contributed by atoms with van der Waals surface area (Å²) < 4.78 is 4.76. The molecule has 0 saturated carbocycles. The molecule has 4 N–H and O–H groups in total. The van der Waals surface area contributed by atoms with Gasteiger partial charge in [-0.05, 0) is 50.0 Å². The first-order valence-electron chi connectivity index (χ1n) is 7.82. The molecule has 3 amide bonds. The molecule has 7 nitrogen and oxygen atoms in total. The van der Waals surface area contributed by atoms with Crippen molar-refractivity contribution in [2.24, 2.45) is 5.92 Å². The molecule has 0 spiro atoms. The second-order valence-corrected chi connectivity index (χ2v) is 5.59. The Balaban J connectivity index is 1.79. The molecule has 0 aromatic heterocycles. The zero-order chi connectivity index (χ0) is 16.5. The first-order valence-corrected chi connectivity index (χ1v) is 7.82. The molecule has 2 rings (SSSR count). The van der Waals surface area contributed by atoms with Gasteiger partial charge in [-0.3, -0.25) is 4.79 Å². The molecular formula is C16H24N4O3. The van der Waals surface area contributed by atoms with Gasteiger partial charge in [0.05, 0.1) is 0 Å². The van der Waals surface area contributed by atoms with E-state index in [9.17, 15) is 9.59 Å². The van der Waals surface area contributed by atoms with E-state index in [-0.39, 0.29) is 18.5 Å². The lowest BCUT2D eigenvalue weighted by atomic mass is 9.98. The Kier molecular flexibility index (Phi) is 6.83. The highest BCUT2D eigenvalue weighted by molar-refractivity contribution is 5.94. The Hall–Kier alpha value is -2.12. The van der Waals surface area contributed by atoms with Gasteiger partial charge in [0.25, 0.3) is 0 Å². The van der Waals surface area contributed by atoms with Gasteiger partial charge in [0.1, 0.15) is 6.61 Å². The van der Waals surface area contributed by atoms with Crippen LogP contribution in [0.15, 0.2) is 24.3 Å². The van der Waals surface area contributed by atoms with Crippen molar-refractivity contribution >= 4 is 23.3 Å². The summed E-state index contributed by atoms with van der Waals surface area (Å²) in [5, 5.41) is 11.7. The molecule has 7 heteroatoms. The molecule has 23 heavy (non-hydrogen) atoms. The van der Waals surface area contributed by atoms with E-state index in [1.165, 1.54) is 7.11 Å². The first kappa shape index (κ1) is 17.2. The highest BCUT2D eigenvalue weighted by atomic mass is 16.5. The normalized spacial score (nSPS) is 15.0. The standard InChI is InChI=1S/C16H24N4O3/c1-23-11-15(21)19-13-3-2-4-14(9-13)20-16(22)18-10-12-5-7-17-8-6-12/h2-4,9,12,17H,5-8,10-11H2,1H3,(H,19,21)(H2,18,20,22). The lowest BCUT2D eigenvalue weighted by Gasteiger charge is -2.22. The molecule has 1 fully saturated rings. The first-order chi connectivity index (χ1) is 11.2. The molecule has 1 aliphatic rings. The molecule has 1 heterocycles.